The molecule has 0 amide bonds. The standard InChI is InChI=1S/C15H13BrN2OS/c1-2-20-14-8-4-7-13(10(14)9-17)19-15-11(16)5-3-6-12(15)18/h3-8H,2,18H2,1H3. The van der Waals surface area contributed by atoms with Crippen LogP contribution in [0.25, 0.3) is 0 Å². The van der Waals surface area contributed by atoms with Gasteiger partial charge in [0.05, 0.1) is 10.2 Å². The summed E-state index contributed by atoms with van der Waals surface area (Å²) in [6.45, 7) is 2.05. The number of benzene rings is 2. The van der Waals surface area contributed by atoms with E-state index < -0.39 is 0 Å². The Bertz CT molecular complexity index is 647. The van der Waals surface area contributed by atoms with Crippen LogP contribution in [0.2, 0.25) is 0 Å². The van der Waals surface area contributed by atoms with Crippen molar-refractivity contribution >= 4 is 33.4 Å². The minimum Gasteiger partial charge on any atom is -0.453 e. The van der Waals surface area contributed by atoms with Gasteiger partial charge in [0.25, 0.3) is 0 Å². The average molecular weight is 349 g/mol. The van der Waals surface area contributed by atoms with E-state index in [1.165, 1.54) is 0 Å². The lowest BCUT2D eigenvalue weighted by Crippen LogP contribution is -1.95. The van der Waals surface area contributed by atoms with Crippen LogP contribution in [0.5, 0.6) is 11.5 Å². The highest BCUT2D eigenvalue weighted by Crippen LogP contribution is 2.38. The van der Waals surface area contributed by atoms with Crippen LogP contribution in [0.4, 0.5) is 5.69 Å². The first-order valence-corrected chi connectivity index (χ1v) is 7.83. The van der Waals surface area contributed by atoms with Gasteiger partial charge < -0.3 is 10.5 Å². The van der Waals surface area contributed by atoms with Crippen LogP contribution in [0, 0.1) is 11.3 Å². The molecule has 20 heavy (non-hydrogen) atoms. The van der Waals surface area contributed by atoms with Gasteiger partial charge in [-0.05, 0) is 45.9 Å². The number of nitrogens with zero attached hydrogens (tertiary/aromatic N) is 1. The summed E-state index contributed by atoms with van der Waals surface area (Å²) >= 11 is 5.02. The zero-order valence-electron chi connectivity index (χ0n) is 10.9. The molecule has 0 aromatic heterocycles. The van der Waals surface area contributed by atoms with E-state index in [0.717, 1.165) is 15.1 Å². The average Bonchev–Trinajstić information content (AvgIpc) is 2.43. The number of nitrogen functional groups attached to an aromatic ring is 1. The lowest BCUT2D eigenvalue weighted by atomic mass is 10.2. The number of hydrogen-bond acceptors (Lipinski definition) is 4. The molecule has 102 valence electrons. The van der Waals surface area contributed by atoms with Crippen LogP contribution >= 0.6 is 27.7 Å². The minimum absolute atomic E-state index is 0.518. The Kier molecular flexibility index (Phi) is 4.94. The molecule has 0 atom stereocenters. The molecule has 0 saturated heterocycles. The number of nitriles is 1. The van der Waals surface area contributed by atoms with E-state index in [-0.39, 0.29) is 0 Å². The Hall–Kier alpha value is -1.64. The normalized spacial score (nSPS) is 10.1. The molecule has 0 aliphatic carbocycles. The summed E-state index contributed by atoms with van der Waals surface area (Å²) in [4.78, 5) is 0.915. The number of halogens is 1. The van der Waals surface area contributed by atoms with Crippen molar-refractivity contribution in [1.29, 1.82) is 5.26 Å². The molecule has 2 rings (SSSR count). The highest BCUT2D eigenvalue weighted by atomic mass is 79.9. The van der Waals surface area contributed by atoms with Gasteiger partial charge in [0.15, 0.2) is 5.75 Å². The smallest absolute Gasteiger partial charge is 0.164 e. The van der Waals surface area contributed by atoms with Gasteiger partial charge in [-0.2, -0.15) is 5.26 Å². The van der Waals surface area contributed by atoms with Gasteiger partial charge in [-0.25, -0.2) is 0 Å². The Morgan fingerprint density at radius 2 is 2.05 bits per heavy atom. The lowest BCUT2D eigenvalue weighted by molar-refractivity contribution is 0.479. The van der Waals surface area contributed by atoms with E-state index in [1.807, 2.05) is 31.2 Å². The van der Waals surface area contributed by atoms with E-state index >= 15 is 0 Å². The molecule has 2 N–H and O–H groups in total. The highest BCUT2D eigenvalue weighted by Gasteiger charge is 2.13. The molecule has 0 aliphatic rings. The molecule has 0 saturated carbocycles. The number of rotatable bonds is 4. The molecule has 0 fully saturated rings. The van der Waals surface area contributed by atoms with Crippen LogP contribution in [-0.4, -0.2) is 5.75 Å². The maximum Gasteiger partial charge on any atom is 0.164 e. The summed E-state index contributed by atoms with van der Waals surface area (Å²) in [6, 6.07) is 13.2. The fourth-order valence-corrected chi connectivity index (χ4v) is 2.96. The Morgan fingerprint density at radius 1 is 1.30 bits per heavy atom. The third-order valence-corrected chi connectivity index (χ3v) is 4.17. The van der Waals surface area contributed by atoms with E-state index in [1.54, 1.807) is 23.9 Å². The number of anilines is 1. The molecular weight excluding hydrogens is 336 g/mol. The van der Waals surface area contributed by atoms with Crippen LogP contribution in [0.15, 0.2) is 45.8 Å². The van der Waals surface area contributed by atoms with Crippen LogP contribution in [0.3, 0.4) is 0 Å². The summed E-state index contributed by atoms with van der Waals surface area (Å²) in [6.07, 6.45) is 0. The molecule has 0 bridgehead atoms. The quantitative estimate of drug-likeness (QED) is 0.636. The van der Waals surface area contributed by atoms with E-state index in [9.17, 15) is 5.26 Å². The first-order valence-electron chi connectivity index (χ1n) is 6.05. The number of nitrogens with two attached hydrogens (primary N) is 1. The topological polar surface area (TPSA) is 59.0 Å². The fourth-order valence-electron chi connectivity index (χ4n) is 1.73. The van der Waals surface area contributed by atoms with Gasteiger partial charge >= 0.3 is 0 Å². The molecule has 0 spiro atoms. The number of hydrogen-bond donors (Lipinski definition) is 1. The van der Waals surface area contributed by atoms with Crippen molar-refractivity contribution in [2.45, 2.75) is 11.8 Å². The van der Waals surface area contributed by atoms with Crippen molar-refractivity contribution in [2.75, 3.05) is 11.5 Å². The monoisotopic (exact) mass is 348 g/mol. The van der Waals surface area contributed by atoms with Gasteiger partial charge in [-0.1, -0.05) is 19.1 Å². The molecule has 3 nitrogen and oxygen atoms in total. The molecular formula is C15H13BrN2OS. The number of para-hydroxylation sites is 1. The summed E-state index contributed by atoms with van der Waals surface area (Å²) < 4.78 is 6.60. The lowest BCUT2D eigenvalue weighted by Gasteiger charge is -2.13. The van der Waals surface area contributed by atoms with Crippen LogP contribution < -0.4 is 10.5 Å². The first kappa shape index (κ1) is 14.8. The van der Waals surface area contributed by atoms with Crippen molar-refractivity contribution in [3.8, 4) is 17.6 Å². The largest absolute Gasteiger partial charge is 0.453 e. The zero-order valence-corrected chi connectivity index (χ0v) is 13.3. The van der Waals surface area contributed by atoms with Gasteiger partial charge in [0, 0.05) is 4.90 Å². The summed E-state index contributed by atoms with van der Waals surface area (Å²) in [7, 11) is 0. The second-order valence-corrected chi connectivity index (χ2v) is 6.09. The maximum absolute atomic E-state index is 9.36. The maximum atomic E-state index is 9.36. The molecule has 0 aliphatic heterocycles. The first-order chi connectivity index (χ1) is 9.67. The summed E-state index contributed by atoms with van der Waals surface area (Å²) in [5.41, 5.74) is 6.98. The van der Waals surface area contributed by atoms with Crippen LogP contribution in [-0.2, 0) is 0 Å². The molecule has 2 aromatic carbocycles. The van der Waals surface area contributed by atoms with Gasteiger partial charge in [0.2, 0.25) is 0 Å². The predicted molar refractivity (Wildman–Crippen MR) is 86.2 cm³/mol. The van der Waals surface area contributed by atoms with Crippen molar-refractivity contribution < 1.29 is 4.74 Å². The third-order valence-electron chi connectivity index (χ3n) is 2.61. The SMILES string of the molecule is CCSc1cccc(Oc2c(N)cccc2Br)c1C#N. The van der Waals surface area contributed by atoms with Crippen molar-refractivity contribution in [3.63, 3.8) is 0 Å². The van der Waals surface area contributed by atoms with Crippen molar-refractivity contribution in [1.82, 2.24) is 0 Å². The highest BCUT2D eigenvalue weighted by molar-refractivity contribution is 9.10. The van der Waals surface area contributed by atoms with Crippen molar-refractivity contribution in [2.24, 2.45) is 0 Å². The summed E-state index contributed by atoms with van der Waals surface area (Å²) in [5, 5.41) is 9.36. The van der Waals surface area contributed by atoms with Gasteiger partial charge in [-0.3, -0.25) is 0 Å². The Morgan fingerprint density at radius 3 is 2.70 bits per heavy atom. The molecule has 0 unspecified atom stereocenters. The number of thioether (sulfide) groups is 1. The number of ether oxygens (including phenoxy) is 1. The second kappa shape index (κ2) is 6.69. The Labute approximate surface area is 130 Å². The van der Waals surface area contributed by atoms with E-state index in [2.05, 4.69) is 22.0 Å². The van der Waals surface area contributed by atoms with Crippen LogP contribution in [0.1, 0.15) is 12.5 Å². The molecule has 2 aromatic rings. The van der Waals surface area contributed by atoms with E-state index in [0.29, 0.717) is 22.7 Å². The van der Waals surface area contributed by atoms with Crippen molar-refractivity contribution in [3.05, 3.63) is 46.4 Å². The molecule has 5 heteroatoms. The third kappa shape index (κ3) is 3.09. The summed E-state index contributed by atoms with van der Waals surface area (Å²) in [5.74, 6) is 1.95. The fraction of sp³-hybridized carbons (Fsp3) is 0.133. The molecule has 0 radical (unpaired) electrons. The zero-order chi connectivity index (χ0) is 14.5. The van der Waals surface area contributed by atoms with E-state index in [4.69, 9.17) is 10.5 Å². The van der Waals surface area contributed by atoms with Gasteiger partial charge in [0.1, 0.15) is 17.4 Å². The molecule has 0 heterocycles. The predicted octanol–water partition coefficient (Wildman–Crippen LogP) is 4.81. The Balaban J connectivity index is 2.44. The van der Waals surface area contributed by atoms with Gasteiger partial charge in [-0.15, -0.1) is 11.8 Å². The second-order valence-electron chi connectivity index (χ2n) is 3.93. The minimum atomic E-state index is 0.518.